The van der Waals surface area contributed by atoms with E-state index in [2.05, 4.69) is 54.0 Å². The second-order valence-corrected chi connectivity index (χ2v) is 7.12. The van der Waals surface area contributed by atoms with Crippen LogP contribution in [0.5, 0.6) is 5.75 Å². The smallest absolute Gasteiger partial charge is 0.119 e. The minimum absolute atomic E-state index is 0.340. The van der Waals surface area contributed by atoms with Crippen molar-refractivity contribution in [3.63, 3.8) is 0 Å². The highest BCUT2D eigenvalue weighted by molar-refractivity contribution is 9.09. The SMILES string of the molecule is CC(C)c1ccc(OCC2(CBr)CCCCCC2)cc1. The molecule has 0 saturated heterocycles. The summed E-state index contributed by atoms with van der Waals surface area (Å²) in [6, 6.07) is 8.61. The second-order valence-electron chi connectivity index (χ2n) is 6.56. The van der Waals surface area contributed by atoms with Gasteiger partial charge in [-0.05, 0) is 36.5 Å². The third-order valence-corrected chi connectivity index (χ3v) is 5.73. The van der Waals surface area contributed by atoms with Crippen molar-refractivity contribution in [2.24, 2.45) is 5.41 Å². The molecule has 1 aromatic rings. The second kappa shape index (κ2) is 7.49. The maximum absolute atomic E-state index is 6.10. The lowest BCUT2D eigenvalue weighted by molar-refractivity contribution is 0.149. The summed E-state index contributed by atoms with van der Waals surface area (Å²) in [6.07, 6.45) is 8.06. The molecule has 0 heterocycles. The monoisotopic (exact) mass is 338 g/mol. The Labute approximate surface area is 132 Å². The first-order valence-corrected chi connectivity index (χ1v) is 9.06. The average molecular weight is 339 g/mol. The van der Waals surface area contributed by atoms with Crippen LogP contribution in [0.15, 0.2) is 24.3 Å². The third-order valence-electron chi connectivity index (χ3n) is 4.54. The quantitative estimate of drug-likeness (QED) is 0.478. The van der Waals surface area contributed by atoms with Gasteiger partial charge in [-0.15, -0.1) is 0 Å². The fraction of sp³-hybridized carbons (Fsp3) is 0.667. The molecule has 0 bridgehead atoms. The van der Waals surface area contributed by atoms with E-state index < -0.39 is 0 Å². The molecule has 20 heavy (non-hydrogen) atoms. The van der Waals surface area contributed by atoms with Gasteiger partial charge in [0.2, 0.25) is 0 Å². The van der Waals surface area contributed by atoms with Crippen molar-refractivity contribution in [3.05, 3.63) is 29.8 Å². The Morgan fingerprint density at radius 3 is 2.15 bits per heavy atom. The van der Waals surface area contributed by atoms with Gasteiger partial charge in [0.15, 0.2) is 0 Å². The van der Waals surface area contributed by atoms with Crippen molar-refractivity contribution >= 4 is 15.9 Å². The molecule has 112 valence electrons. The molecular formula is C18H27BrO. The van der Waals surface area contributed by atoms with Gasteiger partial charge in [-0.2, -0.15) is 0 Å². The summed E-state index contributed by atoms with van der Waals surface area (Å²) >= 11 is 3.73. The van der Waals surface area contributed by atoms with Gasteiger partial charge in [-0.1, -0.05) is 67.6 Å². The van der Waals surface area contributed by atoms with Crippen molar-refractivity contribution in [3.8, 4) is 5.75 Å². The van der Waals surface area contributed by atoms with Crippen molar-refractivity contribution in [1.29, 1.82) is 0 Å². The average Bonchev–Trinajstić information content (AvgIpc) is 2.72. The van der Waals surface area contributed by atoms with Crippen LogP contribution in [0.4, 0.5) is 0 Å². The van der Waals surface area contributed by atoms with Crippen molar-refractivity contribution in [2.75, 3.05) is 11.9 Å². The molecule has 2 heteroatoms. The van der Waals surface area contributed by atoms with Gasteiger partial charge in [-0.25, -0.2) is 0 Å². The van der Waals surface area contributed by atoms with E-state index in [-0.39, 0.29) is 0 Å². The maximum atomic E-state index is 6.10. The predicted octanol–water partition coefficient (Wildman–Crippen LogP) is 5.92. The van der Waals surface area contributed by atoms with Crippen LogP contribution in [-0.2, 0) is 0 Å². The van der Waals surface area contributed by atoms with Crippen LogP contribution < -0.4 is 4.74 Å². The number of ether oxygens (including phenoxy) is 1. The molecule has 0 amide bonds. The normalized spacial score (nSPS) is 18.8. The van der Waals surface area contributed by atoms with Gasteiger partial charge in [0.1, 0.15) is 5.75 Å². The highest BCUT2D eigenvalue weighted by Gasteiger charge is 2.30. The Morgan fingerprint density at radius 1 is 1.05 bits per heavy atom. The first-order valence-electron chi connectivity index (χ1n) is 7.94. The van der Waals surface area contributed by atoms with E-state index in [4.69, 9.17) is 4.74 Å². The molecule has 0 aliphatic heterocycles. The number of alkyl halides is 1. The minimum atomic E-state index is 0.340. The number of hydrogen-bond donors (Lipinski definition) is 0. The van der Waals surface area contributed by atoms with Crippen molar-refractivity contribution < 1.29 is 4.74 Å². The molecule has 1 fully saturated rings. The van der Waals surface area contributed by atoms with Crippen LogP contribution >= 0.6 is 15.9 Å². The molecule has 0 N–H and O–H groups in total. The van der Waals surface area contributed by atoms with Crippen LogP contribution in [0.25, 0.3) is 0 Å². The van der Waals surface area contributed by atoms with E-state index >= 15 is 0 Å². The van der Waals surface area contributed by atoms with Gasteiger partial charge < -0.3 is 4.74 Å². The molecule has 0 radical (unpaired) electrons. The molecule has 1 aliphatic carbocycles. The Hall–Kier alpha value is -0.500. The summed E-state index contributed by atoms with van der Waals surface area (Å²) in [4.78, 5) is 0. The molecule has 0 aromatic heterocycles. The van der Waals surface area contributed by atoms with Crippen molar-refractivity contribution in [2.45, 2.75) is 58.3 Å². The molecule has 1 aliphatic rings. The van der Waals surface area contributed by atoms with E-state index in [9.17, 15) is 0 Å². The van der Waals surface area contributed by atoms with Crippen LogP contribution in [0, 0.1) is 5.41 Å². The summed E-state index contributed by atoms with van der Waals surface area (Å²) in [7, 11) is 0. The van der Waals surface area contributed by atoms with Crippen LogP contribution in [0.3, 0.4) is 0 Å². The molecular weight excluding hydrogens is 312 g/mol. The number of rotatable bonds is 5. The summed E-state index contributed by atoms with van der Waals surface area (Å²) in [5.41, 5.74) is 1.72. The minimum Gasteiger partial charge on any atom is -0.493 e. The number of halogens is 1. The predicted molar refractivity (Wildman–Crippen MR) is 90.0 cm³/mol. The number of hydrogen-bond acceptors (Lipinski definition) is 1. The van der Waals surface area contributed by atoms with Crippen LogP contribution in [0.2, 0.25) is 0 Å². The maximum Gasteiger partial charge on any atom is 0.119 e. The molecule has 1 aromatic carbocycles. The topological polar surface area (TPSA) is 9.23 Å². The zero-order chi connectivity index (χ0) is 14.4. The lowest BCUT2D eigenvalue weighted by atomic mass is 9.83. The van der Waals surface area contributed by atoms with Crippen molar-refractivity contribution in [1.82, 2.24) is 0 Å². The summed E-state index contributed by atoms with van der Waals surface area (Å²) in [6.45, 7) is 5.29. The molecule has 1 saturated carbocycles. The lowest BCUT2D eigenvalue weighted by Crippen LogP contribution is -2.29. The fourth-order valence-corrected chi connectivity index (χ4v) is 3.70. The fourth-order valence-electron chi connectivity index (χ4n) is 2.98. The van der Waals surface area contributed by atoms with E-state index in [1.807, 2.05) is 0 Å². The Kier molecular flexibility index (Phi) is 5.95. The summed E-state index contributed by atoms with van der Waals surface area (Å²) in [5, 5.41) is 1.06. The van der Waals surface area contributed by atoms with Gasteiger partial charge in [0.05, 0.1) is 6.61 Å². The largest absolute Gasteiger partial charge is 0.493 e. The van der Waals surface area contributed by atoms with Gasteiger partial charge in [-0.3, -0.25) is 0 Å². The van der Waals surface area contributed by atoms with E-state index in [1.165, 1.54) is 44.1 Å². The highest BCUT2D eigenvalue weighted by atomic mass is 79.9. The van der Waals surface area contributed by atoms with E-state index in [0.717, 1.165) is 17.7 Å². The third kappa shape index (κ3) is 4.25. The summed E-state index contributed by atoms with van der Waals surface area (Å²) < 4.78 is 6.10. The van der Waals surface area contributed by atoms with E-state index in [1.54, 1.807) is 0 Å². The highest BCUT2D eigenvalue weighted by Crippen LogP contribution is 2.37. The molecule has 1 nitrogen and oxygen atoms in total. The first kappa shape index (κ1) is 15.9. The van der Waals surface area contributed by atoms with Gasteiger partial charge in [0, 0.05) is 10.7 Å². The standard InChI is InChI=1S/C18H27BrO/c1-15(2)16-7-9-17(10-8-16)20-14-18(13-19)11-5-3-4-6-12-18/h7-10,15H,3-6,11-14H2,1-2H3. The number of benzene rings is 1. The molecule has 0 unspecified atom stereocenters. The molecule has 0 atom stereocenters. The molecule has 0 spiro atoms. The molecule has 2 rings (SSSR count). The Morgan fingerprint density at radius 2 is 1.65 bits per heavy atom. The summed E-state index contributed by atoms with van der Waals surface area (Å²) in [5.74, 6) is 1.60. The zero-order valence-electron chi connectivity index (χ0n) is 12.8. The lowest BCUT2D eigenvalue weighted by Gasteiger charge is -2.30. The van der Waals surface area contributed by atoms with Crippen LogP contribution in [0.1, 0.15) is 63.9 Å². The Balaban J connectivity index is 1.95. The zero-order valence-corrected chi connectivity index (χ0v) is 14.4. The van der Waals surface area contributed by atoms with E-state index in [0.29, 0.717) is 11.3 Å². The first-order chi connectivity index (χ1) is 9.65. The Bertz CT molecular complexity index is 388. The van der Waals surface area contributed by atoms with Gasteiger partial charge >= 0.3 is 0 Å². The van der Waals surface area contributed by atoms with Crippen LogP contribution in [-0.4, -0.2) is 11.9 Å². The van der Waals surface area contributed by atoms with Gasteiger partial charge in [0.25, 0.3) is 0 Å².